The minimum Gasteiger partial charge on any atom is -0.494 e. The summed E-state index contributed by atoms with van der Waals surface area (Å²) in [5.74, 6) is 0.871. The molecule has 4 nitrogen and oxygen atoms in total. The predicted octanol–water partition coefficient (Wildman–Crippen LogP) is 1.73. The molecule has 0 saturated heterocycles. The van der Waals surface area contributed by atoms with E-state index in [0.29, 0.717) is 13.1 Å². The van der Waals surface area contributed by atoms with Crippen LogP contribution in [0.15, 0.2) is 24.3 Å². The molecule has 0 spiro atoms. The van der Waals surface area contributed by atoms with Crippen LogP contribution in [0.2, 0.25) is 0 Å². The van der Waals surface area contributed by atoms with Crippen LogP contribution in [0.25, 0.3) is 0 Å². The Kier molecular flexibility index (Phi) is 9.06. The number of hydrogen-bond donors (Lipinski definition) is 2. The third kappa shape index (κ3) is 6.47. The molecule has 0 aliphatic rings. The van der Waals surface area contributed by atoms with E-state index in [1.807, 2.05) is 24.3 Å². The lowest BCUT2D eigenvalue weighted by Crippen LogP contribution is -2.31. The van der Waals surface area contributed by atoms with Gasteiger partial charge < -0.3 is 15.4 Å². The lowest BCUT2D eigenvalue weighted by molar-refractivity contribution is -0.120. The molecule has 0 heterocycles. The van der Waals surface area contributed by atoms with Crippen molar-refractivity contribution < 1.29 is 9.53 Å². The van der Waals surface area contributed by atoms with Gasteiger partial charge in [0, 0.05) is 6.54 Å². The Morgan fingerprint density at radius 1 is 1.28 bits per heavy atom. The van der Waals surface area contributed by atoms with Crippen LogP contribution < -0.4 is 15.4 Å². The molecule has 2 N–H and O–H groups in total. The Labute approximate surface area is 115 Å². The Bertz CT molecular complexity index is 341. The summed E-state index contributed by atoms with van der Waals surface area (Å²) in [4.78, 5) is 11.2. The van der Waals surface area contributed by atoms with Crippen LogP contribution in [0.4, 0.5) is 0 Å². The fourth-order valence-corrected chi connectivity index (χ4v) is 1.35. The summed E-state index contributed by atoms with van der Waals surface area (Å²) in [6.45, 7) is 3.70. The van der Waals surface area contributed by atoms with Crippen LogP contribution in [-0.2, 0) is 11.3 Å². The number of carbonyl (C=O) groups is 1. The van der Waals surface area contributed by atoms with Crippen molar-refractivity contribution in [3.8, 4) is 5.75 Å². The van der Waals surface area contributed by atoms with Crippen LogP contribution in [0.3, 0.4) is 0 Å². The third-order valence-electron chi connectivity index (χ3n) is 2.22. The largest absolute Gasteiger partial charge is 0.494 e. The first kappa shape index (κ1) is 16.7. The number of hydrogen-bond acceptors (Lipinski definition) is 3. The average molecular weight is 273 g/mol. The fraction of sp³-hybridized carbons (Fsp3) is 0.462. The molecular formula is C13H21ClN2O2. The van der Waals surface area contributed by atoms with Crippen molar-refractivity contribution in [2.24, 2.45) is 0 Å². The van der Waals surface area contributed by atoms with E-state index in [-0.39, 0.29) is 18.3 Å². The van der Waals surface area contributed by atoms with Crippen molar-refractivity contribution in [2.75, 3.05) is 20.2 Å². The van der Waals surface area contributed by atoms with Gasteiger partial charge in [0.1, 0.15) is 5.75 Å². The molecule has 18 heavy (non-hydrogen) atoms. The second-order valence-electron chi connectivity index (χ2n) is 3.80. The molecule has 0 bridgehead atoms. The van der Waals surface area contributed by atoms with E-state index in [9.17, 15) is 4.79 Å². The highest BCUT2D eigenvalue weighted by molar-refractivity contribution is 5.85. The number of likely N-dealkylation sites (N-methyl/N-ethyl adjacent to an activating group) is 1. The normalized spacial score (nSPS) is 9.44. The van der Waals surface area contributed by atoms with E-state index in [1.54, 1.807) is 7.05 Å². The van der Waals surface area contributed by atoms with Crippen LogP contribution in [-0.4, -0.2) is 26.1 Å². The van der Waals surface area contributed by atoms with Crippen LogP contribution in [0.1, 0.15) is 18.9 Å². The molecule has 0 fully saturated rings. The fourth-order valence-electron chi connectivity index (χ4n) is 1.35. The van der Waals surface area contributed by atoms with E-state index >= 15 is 0 Å². The molecule has 1 aromatic carbocycles. The van der Waals surface area contributed by atoms with E-state index in [0.717, 1.165) is 24.3 Å². The molecular weight excluding hydrogens is 252 g/mol. The van der Waals surface area contributed by atoms with Crippen molar-refractivity contribution in [3.05, 3.63) is 29.8 Å². The van der Waals surface area contributed by atoms with Gasteiger partial charge in [-0.25, -0.2) is 0 Å². The summed E-state index contributed by atoms with van der Waals surface area (Å²) in [5, 5.41) is 5.62. The minimum absolute atomic E-state index is 0. The zero-order chi connectivity index (χ0) is 12.5. The van der Waals surface area contributed by atoms with Crippen molar-refractivity contribution in [1.29, 1.82) is 0 Å². The lowest BCUT2D eigenvalue weighted by Gasteiger charge is -2.07. The summed E-state index contributed by atoms with van der Waals surface area (Å²) in [6.07, 6.45) is 1.00. The van der Waals surface area contributed by atoms with Crippen LogP contribution in [0, 0.1) is 0 Å². The second-order valence-corrected chi connectivity index (χ2v) is 3.80. The zero-order valence-corrected chi connectivity index (χ0v) is 11.7. The van der Waals surface area contributed by atoms with Gasteiger partial charge in [-0.1, -0.05) is 19.1 Å². The molecule has 1 amide bonds. The molecule has 0 atom stereocenters. The molecule has 0 saturated carbocycles. The topological polar surface area (TPSA) is 50.4 Å². The number of rotatable bonds is 7. The number of benzene rings is 1. The lowest BCUT2D eigenvalue weighted by atomic mass is 10.2. The van der Waals surface area contributed by atoms with Gasteiger partial charge in [-0.2, -0.15) is 0 Å². The van der Waals surface area contributed by atoms with E-state index < -0.39 is 0 Å². The van der Waals surface area contributed by atoms with E-state index in [2.05, 4.69) is 17.6 Å². The van der Waals surface area contributed by atoms with Gasteiger partial charge in [0.2, 0.25) is 5.91 Å². The molecule has 0 aromatic heterocycles. The average Bonchev–Trinajstić information content (AvgIpc) is 2.35. The van der Waals surface area contributed by atoms with Gasteiger partial charge in [-0.15, -0.1) is 12.4 Å². The standard InChI is InChI=1S/C13H20N2O2.ClH/c1-3-8-17-12-6-4-11(5-7-12)9-15-13(16)10-14-2;/h4-7,14H,3,8-10H2,1-2H3,(H,15,16);1H. The van der Waals surface area contributed by atoms with Gasteiger partial charge in [0.15, 0.2) is 0 Å². The van der Waals surface area contributed by atoms with E-state index in [4.69, 9.17) is 4.74 Å². The maximum Gasteiger partial charge on any atom is 0.234 e. The quantitative estimate of drug-likeness (QED) is 0.795. The summed E-state index contributed by atoms with van der Waals surface area (Å²) in [7, 11) is 1.75. The Morgan fingerprint density at radius 3 is 2.50 bits per heavy atom. The van der Waals surface area contributed by atoms with Crippen molar-refractivity contribution >= 4 is 18.3 Å². The minimum atomic E-state index is -0.00110. The van der Waals surface area contributed by atoms with Gasteiger partial charge in [-0.05, 0) is 31.2 Å². The van der Waals surface area contributed by atoms with Crippen LogP contribution in [0.5, 0.6) is 5.75 Å². The number of halogens is 1. The molecule has 102 valence electrons. The first-order chi connectivity index (χ1) is 8.26. The third-order valence-corrected chi connectivity index (χ3v) is 2.22. The smallest absolute Gasteiger partial charge is 0.234 e. The van der Waals surface area contributed by atoms with Gasteiger partial charge in [0.25, 0.3) is 0 Å². The second kappa shape index (κ2) is 9.74. The summed E-state index contributed by atoms with van der Waals surface area (Å²) in [6, 6.07) is 7.78. The summed E-state index contributed by atoms with van der Waals surface area (Å²) >= 11 is 0. The van der Waals surface area contributed by atoms with Crippen molar-refractivity contribution in [1.82, 2.24) is 10.6 Å². The van der Waals surface area contributed by atoms with Crippen LogP contribution >= 0.6 is 12.4 Å². The molecule has 5 heteroatoms. The summed E-state index contributed by atoms with van der Waals surface area (Å²) in [5.41, 5.74) is 1.07. The predicted molar refractivity (Wildman–Crippen MR) is 75.2 cm³/mol. The molecule has 0 radical (unpaired) electrons. The Hall–Kier alpha value is -1.26. The van der Waals surface area contributed by atoms with Crippen molar-refractivity contribution in [2.45, 2.75) is 19.9 Å². The molecule has 1 rings (SSSR count). The van der Waals surface area contributed by atoms with Gasteiger partial charge >= 0.3 is 0 Å². The maximum absolute atomic E-state index is 11.2. The zero-order valence-electron chi connectivity index (χ0n) is 10.9. The highest BCUT2D eigenvalue weighted by Gasteiger charge is 1.99. The number of nitrogens with one attached hydrogen (secondary N) is 2. The molecule has 1 aromatic rings. The Balaban J connectivity index is 0.00000289. The van der Waals surface area contributed by atoms with E-state index in [1.165, 1.54) is 0 Å². The first-order valence-electron chi connectivity index (χ1n) is 5.89. The summed E-state index contributed by atoms with van der Waals surface area (Å²) < 4.78 is 5.48. The SMILES string of the molecule is CCCOc1ccc(CNC(=O)CNC)cc1.Cl. The number of amides is 1. The maximum atomic E-state index is 11.2. The molecule has 0 aliphatic heterocycles. The number of carbonyl (C=O) groups excluding carboxylic acids is 1. The van der Waals surface area contributed by atoms with Gasteiger partial charge in [0.05, 0.1) is 13.2 Å². The first-order valence-corrected chi connectivity index (χ1v) is 5.89. The highest BCUT2D eigenvalue weighted by atomic mass is 35.5. The highest BCUT2D eigenvalue weighted by Crippen LogP contribution is 2.12. The molecule has 0 aliphatic carbocycles. The molecule has 0 unspecified atom stereocenters. The number of ether oxygens (including phenoxy) is 1. The monoisotopic (exact) mass is 272 g/mol. The van der Waals surface area contributed by atoms with Gasteiger partial charge in [-0.3, -0.25) is 4.79 Å². The van der Waals surface area contributed by atoms with Crippen molar-refractivity contribution in [3.63, 3.8) is 0 Å². The Morgan fingerprint density at radius 2 is 1.94 bits per heavy atom.